The molecule has 0 saturated heterocycles. The van der Waals surface area contributed by atoms with Crippen molar-refractivity contribution in [2.45, 2.75) is 22.9 Å². The molecule has 0 heterocycles. The summed E-state index contributed by atoms with van der Waals surface area (Å²) in [5, 5.41) is 9.47. The van der Waals surface area contributed by atoms with Gasteiger partial charge in [-0.15, -0.1) is 0 Å². The Morgan fingerprint density at radius 3 is 2.62 bits per heavy atom. The van der Waals surface area contributed by atoms with Crippen LogP contribution >= 0.6 is 23.4 Å². The van der Waals surface area contributed by atoms with Crippen molar-refractivity contribution < 1.29 is 36.2 Å². The van der Waals surface area contributed by atoms with Crippen molar-refractivity contribution in [3.8, 4) is 5.75 Å². The summed E-state index contributed by atoms with van der Waals surface area (Å²) in [5.41, 5.74) is -4.51. The summed E-state index contributed by atoms with van der Waals surface area (Å²) >= 11 is 5.22. The highest BCUT2D eigenvalue weighted by molar-refractivity contribution is 8.00. The number of phenolic OH excluding ortho intramolecular Hbond substituents is 1. The molecule has 1 rings (SSSR count). The number of hydrogen-bond acceptors (Lipinski definition) is 6. The largest absolute Gasteiger partial charge is 0.505 e. The number of alkyl halides is 3. The Balaban J connectivity index is 2.96. The Morgan fingerprint density at radius 1 is 1.46 bits per heavy atom. The van der Waals surface area contributed by atoms with Crippen LogP contribution in [0, 0.1) is 0 Å². The molecule has 0 amide bonds. The van der Waals surface area contributed by atoms with E-state index in [4.69, 9.17) is 11.6 Å². The molecule has 24 heavy (non-hydrogen) atoms. The second-order valence-corrected chi connectivity index (χ2v) is 7.62. The number of rotatable bonds is 7. The van der Waals surface area contributed by atoms with E-state index in [9.17, 15) is 31.5 Å². The summed E-state index contributed by atoms with van der Waals surface area (Å²) in [6, 6.07) is 1.98. The van der Waals surface area contributed by atoms with Gasteiger partial charge in [0.05, 0.1) is 12.1 Å². The fourth-order valence-electron chi connectivity index (χ4n) is 1.62. The van der Waals surface area contributed by atoms with Crippen LogP contribution in [0.1, 0.15) is 6.42 Å². The number of benzene rings is 1. The number of aromatic hydroxyl groups is 1. The fraction of sp³-hybridized carbons (Fsp3) is 0.417. The Kier molecular flexibility index (Phi) is 7.20. The third-order valence-electron chi connectivity index (χ3n) is 2.69. The molecule has 12 heteroatoms. The zero-order chi connectivity index (χ0) is 18.5. The quantitative estimate of drug-likeness (QED) is 0.675. The molecule has 2 N–H and O–H groups in total. The molecule has 0 aliphatic rings. The van der Waals surface area contributed by atoms with Crippen molar-refractivity contribution in [3.63, 3.8) is 0 Å². The lowest BCUT2D eigenvalue weighted by Gasteiger charge is -2.17. The third-order valence-corrected chi connectivity index (χ3v) is 5.27. The van der Waals surface area contributed by atoms with Crippen molar-refractivity contribution >= 4 is 39.4 Å². The molecular weight excluding hydrogens is 395 g/mol. The molecule has 0 aliphatic carbocycles. The number of para-hydroxylation sites is 1. The molecule has 1 atom stereocenters. The number of hydrogen-bond donors (Lipinski definition) is 2. The van der Waals surface area contributed by atoms with Crippen LogP contribution in [-0.4, -0.2) is 43.9 Å². The molecule has 136 valence electrons. The minimum absolute atomic E-state index is 0.236. The number of sulfonamides is 1. The summed E-state index contributed by atoms with van der Waals surface area (Å²) in [7, 11) is -3.44. The van der Waals surface area contributed by atoms with Crippen LogP contribution in [0.4, 0.5) is 13.2 Å². The van der Waals surface area contributed by atoms with Gasteiger partial charge >= 0.3 is 11.5 Å². The van der Waals surface area contributed by atoms with Gasteiger partial charge in [0, 0.05) is 5.75 Å². The van der Waals surface area contributed by atoms with E-state index in [2.05, 4.69) is 4.74 Å². The number of carbonyl (C=O) groups excluding carboxylic acids is 1. The lowest BCUT2D eigenvalue weighted by Crippen LogP contribution is -2.42. The van der Waals surface area contributed by atoms with E-state index >= 15 is 0 Å². The maximum atomic E-state index is 12.2. The highest BCUT2D eigenvalue weighted by atomic mass is 35.5. The summed E-state index contributed by atoms with van der Waals surface area (Å²) in [6.45, 7) is 0. The molecule has 0 bridgehead atoms. The maximum Gasteiger partial charge on any atom is 0.441 e. The van der Waals surface area contributed by atoms with Gasteiger partial charge in [-0.1, -0.05) is 29.4 Å². The number of carbonyl (C=O) groups is 1. The average Bonchev–Trinajstić information content (AvgIpc) is 2.46. The fourth-order valence-corrected chi connectivity index (χ4v) is 3.78. The molecule has 0 aromatic heterocycles. The van der Waals surface area contributed by atoms with E-state index in [1.807, 2.05) is 4.72 Å². The maximum absolute atomic E-state index is 12.2. The molecule has 0 saturated carbocycles. The summed E-state index contributed by atoms with van der Waals surface area (Å²) in [6.07, 6.45) is -0.461. The van der Waals surface area contributed by atoms with Gasteiger partial charge in [0.25, 0.3) is 0 Å². The van der Waals surface area contributed by atoms with Gasteiger partial charge in [-0.25, -0.2) is 8.42 Å². The molecule has 0 fully saturated rings. The van der Waals surface area contributed by atoms with Crippen LogP contribution in [0.25, 0.3) is 0 Å². The molecule has 1 aromatic rings. The van der Waals surface area contributed by atoms with Crippen LogP contribution in [-0.2, 0) is 19.6 Å². The number of ether oxygens (including phenoxy) is 1. The smallest absolute Gasteiger partial charge is 0.441 e. The van der Waals surface area contributed by atoms with Crippen molar-refractivity contribution in [1.29, 1.82) is 0 Å². The molecule has 0 radical (unpaired) electrons. The normalized spacial score (nSPS) is 13.5. The monoisotopic (exact) mass is 407 g/mol. The lowest BCUT2D eigenvalue weighted by molar-refractivity contribution is -0.142. The van der Waals surface area contributed by atoms with Gasteiger partial charge in [-0.2, -0.15) is 17.9 Å². The zero-order valence-corrected chi connectivity index (χ0v) is 14.5. The third kappa shape index (κ3) is 6.04. The Labute approximate surface area is 145 Å². The van der Waals surface area contributed by atoms with Gasteiger partial charge in [0.2, 0.25) is 10.0 Å². The molecule has 6 nitrogen and oxygen atoms in total. The van der Waals surface area contributed by atoms with Crippen LogP contribution < -0.4 is 4.72 Å². The minimum Gasteiger partial charge on any atom is -0.505 e. The highest BCUT2D eigenvalue weighted by Crippen LogP contribution is 2.32. The van der Waals surface area contributed by atoms with Crippen LogP contribution in [0.3, 0.4) is 0 Å². The SMILES string of the molecule is COC(=O)[C@H](CCSC(F)(F)F)NS(=O)(=O)c1cccc(Cl)c1O. The number of nitrogens with one attached hydrogen (secondary N) is 1. The van der Waals surface area contributed by atoms with Crippen molar-refractivity contribution in [1.82, 2.24) is 4.72 Å². The van der Waals surface area contributed by atoms with Crippen LogP contribution in [0.2, 0.25) is 5.02 Å². The predicted octanol–water partition coefficient (Wildman–Crippen LogP) is 2.51. The van der Waals surface area contributed by atoms with Crippen molar-refractivity contribution in [2.75, 3.05) is 12.9 Å². The Morgan fingerprint density at radius 2 is 2.08 bits per heavy atom. The zero-order valence-electron chi connectivity index (χ0n) is 12.1. The van der Waals surface area contributed by atoms with E-state index in [0.29, 0.717) is 0 Å². The molecular formula is C12H13ClF3NO5S2. The molecule has 0 spiro atoms. The second kappa shape index (κ2) is 8.28. The number of phenols is 1. The molecule has 0 aliphatic heterocycles. The first-order valence-corrected chi connectivity index (χ1v) is 9.11. The van der Waals surface area contributed by atoms with Gasteiger partial charge in [-0.3, -0.25) is 4.79 Å². The first kappa shape index (κ1) is 20.9. The summed E-state index contributed by atoms with van der Waals surface area (Å²) < 4.78 is 67.2. The van der Waals surface area contributed by atoms with Gasteiger partial charge < -0.3 is 9.84 Å². The molecule has 1 aromatic carbocycles. The van der Waals surface area contributed by atoms with Crippen molar-refractivity contribution in [3.05, 3.63) is 23.2 Å². The first-order chi connectivity index (χ1) is 11.0. The number of halogens is 4. The van der Waals surface area contributed by atoms with Gasteiger partial charge in [0.15, 0.2) is 5.75 Å². The van der Waals surface area contributed by atoms with Gasteiger partial charge in [0.1, 0.15) is 10.9 Å². The van der Waals surface area contributed by atoms with Crippen molar-refractivity contribution in [2.24, 2.45) is 0 Å². The Bertz CT molecular complexity index is 696. The molecule has 0 unspecified atom stereocenters. The Hall–Kier alpha value is -1.17. The minimum atomic E-state index is -4.51. The van der Waals surface area contributed by atoms with Crippen LogP contribution in [0.15, 0.2) is 23.1 Å². The van der Waals surface area contributed by atoms with E-state index < -0.39 is 62.1 Å². The second-order valence-electron chi connectivity index (χ2n) is 4.37. The van der Waals surface area contributed by atoms with E-state index in [1.54, 1.807) is 0 Å². The highest BCUT2D eigenvalue weighted by Gasteiger charge is 2.32. The summed E-state index contributed by atoms with van der Waals surface area (Å²) in [4.78, 5) is 11.0. The van der Waals surface area contributed by atoms with E-state index in [1.165, 1.54) is 12.1 Å². The van der Waals surface area contributed by atoms with Gasteiger partial charge in [-0.05, 0) is 18.6 Å². The number of esters is 1. The van der Waals surface area contributed by atoms with Crippen LogP contribution in [0.5, 0.6) is 5.75 Å². The topological polar surface area (TPSA) is 92.7 Å². The standard InChI is InChI=1S/C12H13ClF3NO5S2/c1-22-11(19)8(5-6-23-12(14,15)16)17-24(20,21)9-4-2-3-7(13)10(9)18/h2-4,8,17-18H,5-6H2,1H3/t8-/m0/s1. The number of methoxy groups -OCH3 is 1. The lowest BCUT2D eigenvalue weighted by atomic mass is 10.2. The predicted molar refractivity (Wildman–Crippen MR) is 82.4 cm³/mol. The van der Waals surface area contributed by atoms with E-state index in [-0.39, 0.29) is 5.02 Å². The average molecular weight is 408 g/mol. The summed E-state index contributed by atoms with van der Waals surface area (Å²) in [5.74, 6) is -2.35. The number of thioether (sulfide) groups is 1. The first-order valence-electron chi connectivity index (χ1n) is 6.26. The van der Waals surface area contributed by atoms with E-state index in [0.717, 1.165) is 13.2 Å².